The standard InChI is InChI=1S/C13H20N2O4S/c1-9(8-16)7-14-20(18,19)13-6-12(15-11(3)17)5-4-10(13)2/h4-6,9,14,16H,7-8H2,1-3H3,(H,15,17). The molecule has 0 aliphatic carbocycles. The fourth-order valence-electron chi connectivity index (χ4n) is 1.56. The van der Waals surface area contributed by atoms with E-state index in [1.54, 1.807) is 26.0 Å². The van der Waals surface area contributed by atoms with Crippen molar-refractivity contribution in [3.63, 3.8) is 0 Å². The normalized spacial score (nSPS) is 13.0. The van der Waals surface area contributed by atoms with Gasteiger partial charge in [0.1, 0.15) is 0 Å². The molecule has 0 bridgehead atoms. The first-order valence-corrected chi connectivity index (χ1v) is 7.73. The fraction of sp³-hybridized carbons (Fsp3) is 0.462. The highest BCUT2D eigenvalue weighted by molar-refractivity contribution is 7.89. The van der Waals surface area contributed by atoms with E-state index in [0.717, 1.165) is 0 Å². The molecule has 0 aromatic heterocycles. The molecule has 1 atom stereocenters. The Morgan fingerprint density at radius 3 is 2.60 bits per heavy atom. The van der Waals surface area contributed by atoms with E-state index in [4.69, 9.17) is 5.11 Å². The zero-order valence-electron chi connectivity index (χ0n) is 11.8. The predicted molar refractivity (Wildman–Crippen MR) is 76.9 cm³/mol. The first-order valence-electron chi connectivity index (χ1n) is 6.25. The van der Waals surface area contributed by atoms with Gasteiger partial charge in [0.05, 0.1) is 4.90 Å². The van der Waals surface area contributed by atoms with Crippen LogP contribution in [0.25, 0.3) is 0 Å². The molecule has 112 valence electrons. The minimum atomic E-state index is -3.67. The smallest absolute Gasteiger partial charge is 0.240 e. The van der Waals surface area contributed by atoms with Crippen LogP contribution in [0.5, 0.6) is 0 Å². The Morgan fingerprint density at radius 1 is 1.40 bits per heavy atom. The third-order valence-corrected chi connectivity index (χ3v) is 4.30. The van der Waals surface area contributed by atoms with Gasteiger partial charge in [-0.05, 0) is 30.5 Å². The highest BCUT2D eigenvalue weighted by Crippen LogP contribution is 2.20. The van der Waals surface area contributed by atoms with Gasteiger partial charge in [0.25, 0.3) is 0 Å². The predicted octanol–water partition coefficient (Wildman–Crippen LogP) is 0.860. The van der Waals surface area contributed by atoms with Crippen molar-refractivity contribution in [1.82, 2.24) is 4.72 Å². The van der Waals surface area contributed by atoms with E-state index in [0.29, 0.717) is 11.3 Å². The monoisotopic (exact) mass is 300 g/mol. The van der Waals surface area contributed by atoms with Gasteiger partial charge in [-0.15, -0.1) is 0 Å². The molecule has 1 rings (SSSR count). The van der Waals surface area contributed by atoms with E-state index in [1.165, 1.54) is 13.0 Å². The van der Waals surface area contributed by atoms with Crippen molar-refractivity contribution in [3.05, 3.63) is 23.8 Å². The summed E-state index contributed by atoms with van der Waals surface area (Å²) in [6, 6.07) is 4.70. The topological polar surface area (TPSA) is 95.5 Å². The lowest BCUT2D eigenvalue weighted by atomic mass is 10.2. The van der Waals surface area contributed by atoms with Crippen molar-refractivity contribution >= 4 is 21.6 Å². The number of aryl methyl sites for hydroxylation is 1. The number of carbonyl (C=O) groups is 1. The molecule has 20 heavy (non-hydrogen) atoms. The van der Waals surface area contributed by atoms with Crippen LogP contribution in [0.3, 0.4) is 0 Å². The number of amides is 1. The molecule has 0 aliphatic rings. The molecule has 6 nitrogen and oxygen atoms in total. The van der Waals surface area contributed by atoms with Crippen LogP contribution in [-0.2, 0) is 14.8 Å². The van der Waals surface area contributed by atoms with Gasteiger partial charge in [0.2, 0.25) is 15.9 Å². The van der Waals surface area contributed by atoms with Crippen molar-refractivity contribution in [2.75, 3.05) is 18.5 Å². The second-order valence-corrected chi connectivity index (χ2v) is 6.54. The number of anilines is 1. The second kappa shape index (κ2) is 6.83. The molecule has 0 saturated heterocycles. The summed E-state index contributed by atoms with van der Waals surface area (Å²) in [7, 11) is -3.67. The molecule has 1 aromatic carbocycles. The quantitative estimate of drug-likeness (QED) is 0.726. The van der Waals surface area contributed by atoms with E-state index in [-0.39, 0.29) is 29.9 Å². The molecule has 0 fully saturated rings. The van der Waals surface area contributed by atoms with Crippen LogP contribution in [-0.4, -0.2) is 32.6 Å². The summed E-state index contributed by atoms with van der Waals surface area (Å²) >= 11 is 0. The number of nitrogens with one attached hydrogen (secondary N) is 2. The third kappa shape index (κ3) is 4.59. The maximum absolute atomic E-state index is 12.2. The number of aliphatic hydroxyl groups excluding tert-OH is 1. The van der Waals surface area contributed by atoms with E-state index < -0.39 is 10.0 Å². The Morgan fingerprint density at radius 2 is 2.05 bits per heavy atom. The van der Waals surface area contributed by atoms with Gasteiger partial charge in [0, 0.05) is 25.8 Å². The Labute approximate surface area is 119 Å². The summed E-state index contributed by atoms with van der Waals surface area (Å²) in [5.41, 5.74) is 1.02. The molecule has 0 aliphatic heterocycles. The van der Waals surface area contributed by atoms with E-state index in [1.807, 2.05) is 0 Å². The molecular formula is C13H20N2O4S. The van der Waals surface area contributed by atoms with Crippen LogP contribution < -0.4 is 10.0 Å². The molecule has 1 amide bonds. The molecule has 3 N–H and O–H groups in total. The van der Waals surface area contributed by atoms with Crippen LogP contribution in [0, 0.1) is 12.8 Å². The maximum Gasteiger partial charge on any atom is 0.240 e. The molecule has 0 heterocycles. The minimum Gasteiger partial charge on any atom is -0.396 e. The van der Waals surface area contributed by atoms with E-state index in [2.05, 4.69) is 10.0 Å². The fourth-order valence-corrected chi connectivity index (χ4v) is 3.00. The Balaban J connectivity index is 3.01. The maximum atomic E-state index is 12.2. The van der Waals surface area contributed by atoms with Crippen LogP contribution in [0.15, 0.2) is 23.1 Å². The van der Waals surface area contributed by atoms with Crippen molar-refractivity contribution in [1.29, 1.82) is 0 Å². The number of aliphatic hydroxyl groups is 1. The third-order valence-electron chi connectivity index (χ3n) is 2.73. The summed E-state index contributed by atoms with van der Waals surface area (Å²) in [6.07, 6.45) is 0. The highest BCUT2D eigenvalue weighted by atomic mass is 32.2. The van der Waals surface area contributed by atoms with Gasteiger partial charge in [0.15, 0.2) is 0 Å². The first-order chi connectivity index (χ1) is 9.26. The Kier molecular flexibility index (Phi) is 5.67. The Bertz CT molecular complexity index is 584. The molecule has 1 aromatic rings. The highest BCUT2D eigenvalue weighted by Gasteiger charge is 2.18. The minimum absolute atomic E-state index is 0.0898. The van der Waals surface area contributed by atoms with Crippen LogP contribution in [0.2, 0.25) is 0 Å². The van der Waals surface area contributed by atoms with Gasteiger partial charge >= 0.3 is 0 Å². The summed E-state index contributed by atoms with van der Waals surface area (Å²) in [5.74, 6) is -0.428. The lowest BCUT2D eigenvalue weighted by molar-refractivity contribution is -0.114. The summed E-state index contributed by atoms with van der Waals surface area (Å²) in [6.45, 7) is 4.84. The van der Waals surface area contributed by atoms with Gasteiger partial charge in [-0.3, -0.25) is 4.79 Å². The number of sulfonamides is 1. The number of carbonyl (C=O) groups excluding carboxylic acids is 1. The average molecular weight is 300 g/mol. The molecule has 0 saturated carbocycles. The molecule has 0 radical (unpaired) electrons. The summed E-state index contributed by atoms with van der Waals surface area (Å²) < 4.78 is 26.9. The van der Waals surface area contributed by atoms with Gasteiger partial charge in [-0.2, -0.15) is 0 Å². The summed E-state index contributed by atoms with van der Waals surface area (Å²) in [4.78, 5) is 11.1. The molecular weight excluding hydrogens is 280 g/mol. The van der Waals surface area contributed by atoms with E-state index >= 15 is 0 Å². The first kappa shape index (κ1) is 16.6. The largest absolute Gasteiger partial charge is 0.396 e. The van der Waals surface area contributed by atoms with Gasteiger partial charge in [-0.1, -0.05) is 13.0 Å². The van der Waals surface area contributed by atoms with Crippen LogP contribution >= 0.6 is 0 Å². The number of rotatable bonds is 6. The number of hydrogen-bond acceptors (Lipinski definition) is 4. The number of hydrogen-bond donors (Lipinski definition) is 3. The van der Waals surface area contributed by atoms with Gasteiger partial charge in [-0.25, -0.2) is 13.1 Å². The van der Waals surface area contributed by atoms with Crippen LogP contribution in [0.4, 0.5) is 5.69 Å². The zero-order chi connectivity index (χ0) is 15.3. The lowest BCUT2D eigenvalue weighted by Gasteiger charge is -2.13. The van der Waals surface area contributed by atoms with Gasteiger partial charge < -0.3 is 10.4 Å². The molecule has 0 spiro atoms. The Hall–Kier alpha value is -1.44. The van der Waals surface area contributed by atoms with Crippen molar-refractivity contribution < 1.29 is 18.3 Å². The lowest BCUT2D eigenvalue weighted by Crippen LogP contribution is -2.30. The van der Waals surface area contributed by atoms with Crippen molar-refractivity contribution in [3.8, 4) is 0 Å². The van der Waals surface area contributed by atoms with Crippen molar-refractivity contribution in [2.24, 2.45) is 5.92 Å². The zero-order valence-corrected chi connectivity index (χ0v) is 12.6. The van der Waals surface area contributed by atoms with Crippen LogP contribution in [0.1, 0.15) is 19.4 Å². The average Bonchev–Trinajstić information content (AvgIpc) is 2.37. The van der Waals surface area contributed by atoms with E-state index in [9.17, 15) is 13.2 Å². The second-order valence-electron chi connectivity index (χ2n) is 4.80. The van der Waals surface area contributed by atoms with Crippen molar-refractivity contribution in [2.45, 2.75) is 25.7 Å². The molecule has 1 unspecified atom stereocenters. The summed E-state index contributed by atoms with van der Waals surface area (Å²) in [5, 5.41) is 11.5. The number of benzene rings is 1. The SMILES string of the molecule is CC(=O)Nc1ccc(C)c(S(=O)(=O)NCC(C)CO)c1. The molecule has 7 heteroatoms.